The summed E-state index contributed by atoms with van der Waals surface area (Å²) in [5.41, 5.74) is -0.419. The quantitative estimate of drug-likeness (QED) is 0.321. The number of amides is 1. The topological polar surface area (TPSA) is 107 Å². The fraction of sp³-hybridized carbons (Fsp3) is 0.385. The van der Waals surface area contributed by atoms with Gasteiger partial charge in [0.05, 0.1) is 30.6 Å². The van der Waals surface area contributed by atoms with Crippen molar-refractivity contribution < 1.29 is 27.8 Å². The molecule has 10 nitrogen and oxygen atoms in total. The maximum atomic E-state index is 13.1. The van der Waals surface area contributed by atoms with Crippen LogP contribution in [0.4, 0.5) is 35.4 Å². The van der Waals surface area contributed by atoms with E-state index in [0.717, 1.165) is 62.2 Å². The molecule has 0 bridgehead atoms. The van der Waals surface area contributed by atoms with Crippen LogP contribution in [0, 0.1) is 0 Å². The van der Waals surface area contributed by atoms with Gasteiger partial charge in [0.1, 0.15) is 5.82 Å². The molecule has 0 atom stereocenters. The number of carbonyl (C=O) groups is 1. The van der Waals surface area contributed by atoms with Crippen molar-refractivity contribution in [2.45, 2.75) is 19.1 Å². The molecule has 1 fully saturated rings. The molecule has 3 heterocycles. The maximum Gasteiger partial charge on any atom is 0.416 e. The fourth-order valence-electron chi connectivity index (χ4n) is 4.05. The number of hydrogen-bond acceptors (Lipinski definition) is 8. The minimum Gasteiger partial charge on any atom is -0.478 e. The number of halogens is 4. The molecular formula is C26H29ClF3N7O3. The summed E-state index contributed by atoms with van der Waals surface area (Å²) in [6, 6.07) is 7.49. The Kier molecular flexibility index (Phi) is 9.61. The van der Waals surface area contributed by atoms with Crippen LogP contribution >= 0.6 is 11.6 Å². The van der Waals surface area contributed by atoms with Gasteiger partial charge in [-0.2, -0.15) is 18.2 Å². The zero-order valence-corrected chi connectivity index (χ0v) is 22.5. The number of likely N-dealkylation sites (N-methyl/N-ethyl adjacent to an activating group) is 1. The van der Waals surface area contributed by atoms with Crippen molar-refractivity contribution in [1.29, 1.82) is 0 Å². The molecule has 1 amide bonds. The molecule has 0 spiro atoms. The first kappa shape index (κ1) is 29.3. The first-order chi connectivity index (χ1) is 19.1. The number of ether oxygens (including phenoxy) is 1. The summed E-state index contributed by atoms with van der Waals surface area (Å²) in [7, 11) is 2.12. The number of alkyl halides is 3. The Bertz CT molecular complexity index is 1290. The van der Waals surface area contributed by atoms with Crippen LogP contribution in [0.2, 0.25) is 5.02 Å². The number of aromatic nitrogens is 3. The fourth-order valence-corrected chi connectivity index (χ4v) is 4.23. The zero-order valence-electron chi connectivity index (χ0n) is 21.7. The SMILES string of the molecule is CN1CCN(CCCOc2ccc(Nc3nccc(N(Cc4cc(C(F)(F)F)ccc4Cl)C(=O)O)n3)cn2)CC1. The third-order valence-electron chi connectivity index (χ3n) is 6.31. The number of anilines is 3. The summed E-state index contributed by atoms with van der Waals surface area (Å²) >= 11 is 6.06. The molecule has 4 rings (SSSR count). The lowest BCUT2D eigenvalue weighted by Gasteiger charge is -2.32. The highest BCUT2D eigenvalue weighted by atomic mass is 35.5. The Morgan fingerprint density at radius 3 is 2.60 bits per heavy atom. The molecule has 1 aliphatic heterocycles. The van der Waals surface area contributed by atoms with E-state index in [1.54, 1.807) is 12.1 Å². The highest BCUT2D eigenvalue weighted by Gasteiger charge is 2.31. The summed E-state index contributed by atoms with van der Waals surface area (Å²) in [4.78, 5) is 30.1. The number of nitrogens with one attached hydrogen (secondary N) is 1. The minimum atomic E-state index is -4.60. The van der Waals surface area contributed by atoms with E-state index < -0.39 is 24.4 Å². The molecular weight excluding hydrogens is 551 g/mol. The lowest BCUT2D eigenvalue weighted by atomic mass is 10.1. The molecule has 2 N–H and O–H groups in total. The van der Waals surface area contributed by atoms with Gasteiger partial charge in [0, 0.05) is 50.0 Å². The van der Waals surface area contributed by atoms with Crippen molar-refractivity contribution in [2.75, 3.05) is 56.6 Å². The molecule has 0 saturated carbocycles. The second-order valence-corrected chi connectivity index (χ2v) is 9.68. The molecule has 1 aromatic carbocycles. The van der Waals surface area contributed by atoms with Crippen LogP contribution < -0.4 is 15.0 Å². The summed E-state index contributed by atoms with van der Waals surface area (Å²) in [5, 5.41) is 12.7. The molecule has 2 aromatic heterocycles. The Labute approximate surface area is 234 Å². The smallest absolute Gasteiger partial charge is 0.416 e. The lowest BCUT2D eigenvalue weighted by molar-refractivity contribution is -0.137. The number of carboxylic acid groups (broad SMARTS) is 1. The van der Waals surface area contributed by atoms with E-state index >= 15 is 0 Å². The van der Waals surface area contributed by atoms with Crippen molar-refractivity contribution >= 4 is 35.1 Å². The van der Waals surface area contributed by atoms with Crippen molar-refractivity contribution in [3.63, 3.8) is 0 Å². The summed E-state index contributed by atoms with van der Waals surface area (Å²) < 4.78 is 45.2. The second-order valence-electron chi connectivity index (χ2n) is 9.27. The van der Waals surface area contributed by atoms with E-state index in [-0.39, 0.29) is 22.4 Å². The number of pyridine rings is 1. The molecule has 0 unspecified atom stereocenters. The van der Waals surface area contributed by atoms with Gasteiger partial charge >= 0.3 is 12.3 Å². The van der Waals surface area contributed by atoms with Crippen LogP contribution in [0.3, 0.4) is 0 Å². The van der Waals surface area contributed by atoms with E-state index in [1.165, 1.54) is 18.5 Å². The van der Waals surface area contributed by atoms with E-state index in [0.29, 0.717) is 18.2 Å². The number of nitrogens with zero attached hydrogens (tertiary/aromatic N) is 6. The highest BCUT2D eigenvalue weighted by molar-refractivity contribution is 6.31. The van der Waals surface area contributed by atoms with Crippen LogP contribution in [-0.4, -0.2) is 82.3 Å². The van der Waals surface area contributed by atoms with Gasteiger partial charge in [-0.15, -0.1) is 0 Å². The van der Waals surface area contributed by atoms with E-state index in [1.807, 2.05) is 0 Å². The first-order valence-electron chi connectivity index (χ1n) is 12.5. The number of hydrogen-bond donors (Lipinski definition) is 2. The Balaban J connectivity index is 1.35. The molecule has 0 aliphatic carbocycles. The number of benzene rings is 1. The molecule has 3 aromatic rings. The summed E-state index contributed by atoms with van der Waals surface area (Å²) in [6.07, 6.45) is -2.27. The lowest BCUT2D eigenvalue weighted by Crippen LogP contribution is -2.44. The van der Waals surface area contributed by atoms with Gasteiger partial charge in [-0.25, -0.2) is 14.8 Å². The zero-order chi connectivity index (χ0) is 28.7. The average molecular weight is 580 g/mol. The van der Waals surface area contributed by atoms with Gasteiger partial charge in [0.25, 0.3) is 0 Å². The van der Waals surface area contributed by atoms with Crippen molar-refractivity contribution in [3.8, 4) is 5.88 Å². The molecule has 14 heteroatoms. The van der Waals surface area contributed by atoms with Crippen LogP contribution in [-0.2, 0) is 12.7 Å². The summed E-state index contributed by atoms with van der Waals surface area (Å²) in [5.74, 6) is 0.488. The molecule has 1 aliphatic rings. The predicted octanol–water partition coefficient (Wildman–Crippen LogP) is 4.99. The minimum absolute atomic E-state index is 0.000587. The Hall–Kier alpha value is -3.68. The van der Waals surface area contributed by atoms with Crippen LogP contribution in [0.15, 0.2) is 48.8 Å². The molecule has 214 valence electrons. The standard InChI is InChI=1S/C26H29ClF3N7O3/c1-35-10-12-36(13-11-35)9-2-14-40-23-6-4-20(16-32-23)33-24-31-8-7-22(34-24)37(25(38)39)17-18-15-19(26(28,29)30)3-5-21(18)27/h3-8,15-16H,2,9-14,17H2,1H3,(H,38,39)(H,31,33,34). The van der Waals surface area contributed by atoms with Gasteiger partial charge in [-0.1, -0.05) is 11.6 Å². The van der Waals surface area contributed by atoms with E-state index in [2.05, 4.69) is 37.1 Å². The van der Waals surface area contributed by atoms with Crippen molar-refractivity contribution in [3.05, 3.63) is 64.9 Å². The molecule has 40 heavy (non-hydrogen) atoms. The van der Waals surface area contributed by atoms with E-state index in [4.69, 9.17) is 16.3 Å². The van der Waals surface area contributed by atoms with Crippen LogP contribution in [0.1, 0.15) is 17.5 Å². The van der Waals surface area contributed by atoms with Crippen LogP contribution in [0.5, 0.6) is 5.88 Å². The number of rotatable bonds is 10. The molecule has 1 saturated heterocycles. The van der Waals surface area contributed by atoms with E-state index in [9.17, 15) is 23.1 Å². The monoisotopic (exact) mass is 579 g/mol. The van der Waals surface area contributed by atoms with Gasteiger partial charge < -0.3 is 25.0 Å². The second kappa shape index (κ2) is 13.1. The Morgan fingerprint density at radius 2 is 1.93 bits per heavy atom. The van der Waals surface area contributed by atoms with Crippen LogP contribution in [0.25, 0.3) is 0 Å². The van der Waals surface area contributed by atoms with Crippen molar-refractivity contribution in [1.82, 2.24) is 24.8 Å². The summed E-state index contributed by atoms with van der Waals surface area (Å²) in [6.45, 7) is 5.32. The largest absolute Gasteiger partial charge is 0.478 e. The van der Waals surface area contributed by atoms with Crippen molar-refractivity contribution in [2.24, 2.45) is 0 Å². The number of piperazine rings is 1. The molecule has 0 radical (unpaired) electrons. The average Bonchev–Trinajstić information content (AvgIpc) is 2.92. The normalized spacial score (nSPS) is 14.6. The third kappa shape index (κ3) is 8.16. The van der Waals surface area contributed by atoms with Gasteiger partial charge in [-0.05, 0) is 49.4 Å². The van der Waals surface area contributed by atoms with Gasteiger partial charge in [0.2, 0.25) is 11.8 Å². The van der Waals surface area contributed by atoms with Gasteiger partial charge in [0.15, 0.2) is 0 Å². The maximum absolute atomic E-state index is 13.1. The third-order valence-corrected chi connectivity index (χ3v) is 6.68. The first-order valence-corrected chi connectivity index (χ1v) is 12.9. The van der Waals surface area contributed by atoms with Gasteiger partial charge in [-0.3, -0.25) is 4.90 Å². The predicted molar refractivity (Wildman–Crippen MR) is 144 cm³/mol. The highest BCUT2D eigenvalue weighted by Crippen LogP contribution is 2.32. The Morgan fingerprint density at radius 1 is 1.15 bits per heavy atom.